The van der Waals surface area contributed by atoms with Crippen LogP contribution in [0.25, 0.3) is 0 Å². The van der Waals surface area contributed by atoms with Crippen LogP contribution < -0.4 is 15.8 Å². The maximum Gasteiger partial charge on any atom is 0.273 e. The van der Waals surface area contributed by atoms with E-state index in [-0.39, 0.29) is 17.4 Å². The fourth-order valence-corrected chi connectivity index (χ4v) is 3.64. The van der Waals surface area contributed by atoms with Crippen LogP contribution in [0.1, 0.15) is 30.8 Å². The highest BCUT2D eigenvalue weighted by atomic mass is 32.1. The number of ether oxygens (including phenoxy) is 1. The number of methoxy groups -OCH3 is 1. The lowest BCUT2D eigenvalue weighted by Gasteiger charge is -2.42. The summed E-state index contributed by atoms with van der Waals surface area (Å²) in [5.41, 5.74) is 7.46. The summed E-state index contributed by atoms with van der Waals surface area (Å²) in [7, 11) is 1.63. The zero-order valence-corrected chi connectivity index (χ0v) is 15.6. The van der Waals surface area contributed by atoms with Gasteiger partial charge in [0.15, 0.2) is 5.13 Å². The van der Waals surface area contributed by atoms with Gasteiger partial charge in [0, 0.05) is 30.2 Å². The van der Waals surface area contributed by atoms with Crippen LogP contribution in [0.15, 0.2) is 29.6 Å². The Bertz CT molecular complexity index is 742. The van der Waals surface area contributed by atoms with Crippen LogP contribution in [-0.2, 0) is 0 Å². The molecule has 1 aliphatic heterocycles. The molecule has 1 aliphatic rings. The number of amides is 1. The number of aromatic nitrogens is 1. The van der Waals surface area contributed by atoms with Crippen molar-refractivity contribution in [2.45, 2.75) is 26.3 Å². The number of carbonyl (C=O) groups excluding carboxylic acids is 1. The molecule has 1 amide bonds. The van der Waals surface area contributed by atoms with Crippen LogP contribution in [0.3, 0.4) is 0 Å². The molecule has 1 fully saturated rings. The zero-order chi connectivity index (χ0) is 18.0. The van der Waals surface area contributed by atoms with Gasteiger partial charge < -0.3 is 20.7 Å². The van der Waals surface area contributed by atoms with Gasteiger partial charge in [-0.25, -0.2) is 4.98 Å². The van der Waals surface area contributed by atoms with E-state index in [2.05, 4.69) is 24.1 Å². The first-order valence-corrected chi connectivity index (χ1v) is 9.18. The Hall–Kier alpha value is -2.12. The first-order valence-electron chi connectivity index (χ1n) is 8.30. The molecule has 0 aliphatic carbocycles. The number of nitrogens with two attached hydrogens (primary N) is 1. The SMILES string of the molecule is COc1ccc(Nc2nc(C(=O)N3CCC(N)C(C)(C)C3)cs2)cc1. The van der Waals surface area contributed by atoms with Gasteiger partial charge in [0.1, 0.15) is 11.4 Å². The van der Waals surface area contributed by atoms with Gasteiger partial charge in [-0.3, -0.25) is 4.79 Å². The van der Waals surface area contributed by atoms with Crippen LogP contribution in [0.4, 0.5) is 10.8 Å². The van der Waals surface area contributed by atoms with Crippen molar-refractivity contribution < 1.29 is 9.53 Å². The average molecular weight is 360 g/mol. The Kier molecular flexibility index (Phi) is 4.96. The Labute approximate surface area is 152 Å². The second-order valence-corrected chi connectivity index (χ2v) is 7.86. The number of hydrogen-bond donors (Lipinski definition) is 2. The fourth-order valence-electron chi connectivity index (χ4n) is 2.94. The molecule has 3 N–H and O–H groups in total. The number of nitrogens with zero attached hydrogens (tertiary/aromatic N) is 2. The molecule has 25 heavy (non-hydrogen) atoms. The van der Waals surface area contributed by atoms with Crippen LogP contribution in [-0.4, -0.2) is 42.0 Å². The quantitative estimate of drug-likeness (QED) is 0.876. The molecular weight excluding hydrogens is 336 g/mol. The summed E-state index contributed by atoms with van der Waals surface area (Å²) in [6.45, 7) is 5.55. The minimum atomic E-state index is -0.0753. The number of rotatable bonds is 4. The molecule has 1 saturated heterocycles. The monoisotopic (exact) mass is 360 g/mol. The molecule has 1 atom stereocenters. The number of likely N-dealkylation sites (tertiary alicyclic amines) is 1. The van der Waals surface area contributed by atoms with Crippen molar-refractivity contribution in [1.82, 2.24) is 9.88 Å². The Morgan fingerprint density at radius 3 is 2.76 bits per heavy atom. The highest BCUT2D eigenvalue weighted by Gasteiger charge is 2.36. The van der Waals surface area contributed by atoms with E-state index in [4.69, 9.17) is 10.5 Å². The zero-order valence-electron chi connectivity index (χ0n) is 14.8. The summed E-state index contributed by atoms with van der Waals surface area (Å²) in [5, 5.41) is 5.71. The second-order valence-electron chi connectivity index (χ2n) is 7.00. The van der Waals surface area contributed by atoms with E-state index in [1.165, 1.54) is 11.3 Å². The number of benzene rings is 1. The topological polar surface area (TPSA) is 80.5 Å². The van der Waals surface area contributed by atoms with E-state index in [1.807, 2.05) is 29.2 Å². The lowest BCUT2D eigenvalue weighted by molar-refractivity contribution is 0.0528. The molecule has 1 unspecified atom stereocenters. The van der Waals surface area contributed by atoms with Crippen molar-refractivity contribution in [2.24, 2.45) is 11.1 Å². The third-order valence-corrected chi connectivity index (χ3v) is 5.42. The predicted molar refractivity (Wildman–Crippen MR) is 101 cm³/mol. The third-order valence-electron chi connectivity index (χ3n) is 4.66. The van der Waals surface area contributed by atoms with Crippen LogP contribution in [0.5, 0.6) is 5.75 Å². The van der Waals surface area contributed by atoms with E-state index in [1.54, 1.807) is 12.5 Å². The first-order chi connectivity index (χ1) is 11.9. The number of nitrogens with one attached hydrogen (secondary N) is 1. The fraction of sp³-hybridized carbons (Fsp3) is 0.444. The van der Waals surface area contributed by atoms with Crippen LogP contribution in [0, 0.1) is 5.41 Å². The highest BCUT2D eigenvalue weighted by Crippen LogP contribution is 2.29. The Morgan fingerprint density at radius 2 is 2.12 bits per heavy atom. The predicted octanol–water partition coefficient (Wildman–Crippen LogP) is 3.09. The van der Waals surface area contributed by atoms with E-state index in [9.17, 15) is 4.79 Å². The van der Waals surface area contributed by atoms with Gasteiger partial charge in [0.2, 0.25) is 0 Å². The van der Waals surface area contributed by atoms with Gasteiger partial charge in [-0.2, -0.15) is 0 Å². The van der Waals surface area contributed by atoms with Crippen molar-refractivity contribution in [3.63, 3.8) is 0 Å². The summed E-state index contributed by atoms with van der Waals surface area (Å²) in [6, 6.07) is 7.70. The molecule has 0 bridgehead atoms. The number of piperidine rings is 1. The van der Waals surface area contributed by atoms with Crippen molar-refractivity contribution >= 4 is 28.1 Å². The number of thiazole rings is 1. The number of hydrogen-bond acceptors (Lipinski definition) is 6. The summed E-state index contributed by atoms with van der Waals surface area (Å²) in [6.07, 6.45) is 0.819. The van der Waals surface area contributed by atoms with E-state index in [0.29, 0.717) is 23.9 Å². The Morgan fingerprint density at radius 1 is 1.40 bits per heavy atom. The molecule has 1 aromatic carbocycles. The molecule has 0 saturated carbocycles. The molecule has 7 heteroatoms. The van der Waals surface area contributed by atoms with E-state index in [0.717, 1.165) is 17.9 Å². The molecule has 2 aromatic rings. The van der Waals surface area contributed by atoms with Crippen molar-refractivity contribution in [1.29, 1.82) is 0 Å². The van der Waals surface area contributed by atoms with Crippen LogP contribution >= 0.6 is 11.3 Å². The van der Waals surface area contributed by atoms with Crippen molar-refractivity contribution in [2.75, 3.05) is 25.5 Å². The molecule has 0 spiro atoms. The van der Waals surface area contributed by atoms with Crippen LogP contribution in [0.2, 0.25) is 0 Å². The largest absolute Gasteiger partial charge is 0.497 e. The van der Waals surface area contributed by atoms with Gasteiger partial charge in [0.25, 0.3) is 5.91 Å². The summed E-state index contributed by atoms with van der Waals surface area (Å²) in [4.78, 5) is 19.0. The molecule has 0 radical (unpaired) electrons. The second kappa shape index (κ2) is 7.01. The van der Waals surface area contributed by atoms with Gasteiger partial charge in [-0.15, -0.1) is 11.3 Å². The number of carbonyl (C=O) groups is 1. The lowest BCUT2D eigenvalue weighted by Crippen LogP contribution is -2.54. The minimum absolute atomic E-state index is 0.0287. The number of anilines is 2. The molecule has 1 aromatic heterocycles. The first kappa shape index (κ1) is 17.7. The highest BCUT2D eigenvalue weighted by molar-refractivity contribution is 7.14. The average Bonchev–Trinajstić information content (AvgIpc) is 3.06. The maximum absolute atomic E-state index is 12.7. The van der Waals surface area contributed by atoms with Crippen molar-refractivity contribution in [3.8, 4) is 5.75 Å². The standard InChI is InChI=1S/C18H24N4O2S/c1-18(2)11-22(9-8-15(18)19)16(23)14-10-25-17(21-14)20-12-4-6-13(24-3)7-5-12/h4-7,10,15H,8-9,11,19H2,1-3H3,(H,20,21). The van der Waals surface area contributed by atoms with Crippen molar-refractivity contribution in [3.05, 3.63) is 35.3 Å². The maximum atomic E-state index is 12.7. The van der Waals surface area contributed by atoms with Gasteiger partial charge >= 0.3 is 0 Å². The molecule has 2 heterocycles. The molecule has 6 nitrogen and oxygen atoms in total. The minimum Gasteiger partial charge on any atom is -0.497 e. The van der Waals surface area contributed by atoms with Gasteiger partial charge in [-0.05, 0) is 36.1 Å². The van der Waals surface area contributed by atoms with Gasteiger partial charge in [-0.1, -0.05) is 13.8 Å². The van der Waals surface area contributed by atoms with E-state index >= 15 is 0 Å². The Balaban J connectivity index is 1.67. The normalized spacial score (nSPS) is 19.5. The molecular formula is C18H24N4O2S. The smallest absolute Gasteiger partial charge is 0.273 e. The lowest BCUT2D eigenvalue weighted by atomic mass is 9.79. The van der Waals surface area contributed by atoms with E-state index < -0.39 is 0 Å². The summed E-state index contributed by atoms with van der Waals surface area (Å²) in [5.74, 6) is 0.769. The van der Waals surface area contributed by atoms with Gasteiger partial charge in [0.05, 0.1) is 7.11 Å². The summed E-state index contributed by atoms with van der Waals surface area (Å²) < 4.78 is 5.15. The molecule has 3 rings (SSSR count). The summed E-state index contributed by atoms with van der Waals surface area (Å²) >= 11 is 1.42. The molecule has 134 valence electrons. The third kappa shape index (κ3) is 3.93.